The number of aromatic amines is 1. The Bertz CT molecular complexity index is 952. The monoisotopic (exact) mass is 336 g/mol. The minimum absolute atomic E-state index is 0.0765. The normalized spacial score (nSPS) is 11.0. The van der Waals surface area contributed by atoms with Gasteiger partial charge in [-0.1, -0.05) is 36.4 Å². The maximum Gasteiger partial charge on any atom is 0.439 e. The molecule has 6 nitrogen and oxygen atoms in total. The lowest BCUT2D eigenvalue weighted by Crippen LogP contribution is -2.40. The summed E-state index contributed by atoms with van der Waals surface area (Å²) in [5.74, 6) is -0.435. The number of anilines is 1. The summed E-state index contributed by atoms with van der Waals surface area (Å²) >= 11 is 0. The number of carbonyl (C=O) groups is 1. The van der Waals surface area contributed by atoms with Crippen LogP contribution in [0.25, 0.3) is 11.8 Å². The van der Waals surface area contributed by atoms with E-state index in [2.05, 4.69) is 5.27 Å². The van der Waals surface area contributed by atoms with Crippen LogP contribution < -0.4 is 15.2 Å². The molecular weight excluding hydrogens is 318 g/mol. The SMILES string of the molecule is CN(C)c1ccc(/C=C/C(=O)c2c(=O)o[nH][n+]2-c2ccccc2)cc1. The zero-order chi connectivity index (χ0) is 17.8. The van der Waals surface area contributed by atoms with Crippen molar-refractivity contribution in [2.75, 3.05) is 19.0 Å². The van der Waals surface area contributed by atoms with E-state index < -0.39 is 11.4 Å². The van der Waals surface area contributed by atoms with Gasteiger partial charge in [-0.05, 0) is 33.7 Å². The van der Waals surface area contributed by atoms with E-state index in [4.69, 9.17) is 4.52 Å². The minimum Gasteiger partial charge on any atom is -0.378 e. The molecule has 0 bridgehead atoms. The number of nitrogens with one attached hydrogen (secondary N) is 1. The van der Waals surface area contributed by atoms with Crippen molar-refractivity contribution >= 4 is 17.5 Å². The first-order valence-corrected chi connectivity index (χ1v) is 7.75. The van der Waals surface area contributed by atoms with Gasteiger partial charge in [0.2, 0.25) is 5.69 Å². The van der Waals surface area contributed by atoms with Gasteiger partial charge in [-0.15, -0.1) is 0 Å². The van der Waals surface area contributed by atoms with Crippen molar-refractivity contribution in [1.82, 2.24) is 5.27 Å². The van der Waals surface area contributed by atoms with Gasteiger partial charge in [0.05, 0.1) is 0 Å². The molecule has 0 aliphatic rings. The second kappa shape index (κ2) is 7.00. The van der Waals surface area contributed by atoms with Crippen LogP contribution in [0, 0.1) is 0 Å². The number of rotatable bonds is 5. The summed E-state index contributed by atoms with van der Waals surface area (Å²) < 4.78 is 6.12. The smallest absolute Gasteiger partial charge is 0.378 e. The fraction of sp³-hybridized carbons (Fsp3) is 0.105. The van der Waals surface area contributed by atoms with E-state index in [-0.39, 0.29) is 5.69 Å². The lowest BCUT2D eigenvalue weighted by atomic mass is 10.1. The molecule has 3 rings (SSSR count). The zero-order valence-corrected chi connectivity index (χ0v) is 14.0. The van der Waals surface area contributed by atoms with Gasteiger partial charge in [-0.2, -0.15) is 0 Å². The fourth-order valence-corrected chi connectivity index (χ4v) is 2.38. The Kier molecular flexibility index (Phi) is 4.61. The Hall–Kier alpha value is -3.41. The highest BCUT2D eigenvalue weighted by Crippen LogP contribution is 2.13. The molecule has 126 valence electrons. The summed E-state index contributed by atoms with van der Waals surface area (Å²) in [6.07, 6.45) is 3.04. The first kappa shape index (κ1) is 16.4. The molecule has 0 amide bonds. The lowest BCUT2D eigenvalue weighted by molar-refractivity contribution is -0.672. The molecule has 0 spiro atoms. The third-order valence-electron chi connectivity index (χ3n) is 3.73. The Morgan fingerprint density at radius 2 is 1.76 bits per heavy atom. The number of H-pyrrole nitrogens is 1. The first-order valence-electron chi connectivity index (χ1n) is 7.75. The molecule has 2 aromatic carbocycles. The van der Waals surface area contributed by atoms with Gasteiger partial charge in [-0.25, -0.2) is 4.79 Å². The number of benzene rings is 2. The summed E-state index contributed by atoms with van der Waals surface area (Å²) in [5.41, 5.74) is 1.79. The Morgan fingerprint density at radius 3 is 2.40 bits per heavy atom. The van der Waals surface area contributed by atoms with Crippen LogP contribution in [0.4, 0.5) is 5.69 Å². The van der Waals surface area contributed by atoms with Crippen molar-refractivity contribution in [1.29, 1.82) is 0 Å². The van der Waals surface area contributed by atoms with Crippen LogP contribution >= 0.6 is 0 Å². The standard InChI is InChI=1S/C19H17N3O3/c1-21(2)15-11-8-14(9-12-15)10-13-17(23)18-19(24)25-20-22(18)16-6-4-3-5-7-16/h3-13H,1-2H3/p+1/b13-10+. The van der Waals surface area contributed by atoms with Crippen LogP contribution in [0.5, 0.6) is 0 Å². The lowest BCUT2D eigenvalue weighted by Gasteiger charge is -2.11. The molecular formula is C19H18N3O3+. The number of para-hydroxylation sites is 1. The van der Waals surface area contributed by atoms with Crippen molar-refractivity contribution in [3.05, 3.63) is 82.4 Å². The predicted octanol–water partition coefficient (Wildman–Crippen LogP) is 2.21. The van der Waals surface area contributed by atoms with E-state index in [1.807, 2.05) is 61.5 Å². The van der Waals surface area contributed by atoms with Crippen LogP contribution in [0.15, 0.2) is 70.0 Å². The highest BCUT2D eigenvalue weighted by atomic mass is 16.5. The molecule has 1 heterocycles. The van der Waals surface area contributed by atoms with Gasteiger partial charge in [0.25, 0.3) is 5.78 Å². The Balaban J connectivity index is 1.87. The van der Waals surface area contributed by atoms with E-state index in [1.54, 1.807) is 18.2 Å². The molecule has 0 radical (unpaired) electrons. The highest BCUT2D eigenvalue weighted by molar-refractivity contribution is 6.04. The van der Waals surface area contributed by atoms with E-state index >= 15 is 0 Å². The molecule has 0 aliphatic carbocycles. The summed E-state index contributed by atoms with van der Waals surface area (Å²) in [5, 5.41) is 2.46. The molecule has 0 atom stereocenters. The van der Waals surface area contributed by atoms with E-state index in [0.29, 0.717) is 5.69 Å². The molecule has 0 unspecified atom stereocenters. The molecule has 1 N–H and O–H groups in total. The summed E-state index contributed by atoms with van der Waals surface area (Å²) in [4.78, 5) is 26.4. The summed E-state index contributed by atoms with van der Waals surface area (Å²) in [6.45, 7) is 0. The molecule has 0 fully saturated rings. The number of hydrogen-bond acceptors (Lipinski definition) is 4. The average molecular weight is 336 g/mol. The number of carbonyl (C=O) groups excluding carboxylic acids is 1. The molecule has 0 saturated heterocycles. The van der Waals surface area contributed by atoms with Crippen LogP contribution in [0.2, 0.25) is 0 Å². The van der Waals surface area contributed by atoms with Gasteiger partial charge in [0.15, 0.2) is 0 Å². The van der Waals surface area contributed by atoms with Crippen LogP contribution in [0.1, 0.15) is 16.1 Å². The number of hydrogen-bond donors (Lipinski definition) is 1. The number of nitrogens with zero attached hydrogens (tertiary/aromatic N) is 2. The van der Waals surface area contributed by atoms with Crippen molar-refractivity contribution in [3.63, 3.8) is 0 Å². The maximum absolute atomic E-state index is 12.5. The van der Waals surface area contributed by atoms with Crippen LogP contribution in [0.3, 0.4) is 0 Å². The number of allylic oxidation sites excluding steroid dienone is 1. The van der Waals surface area contributed by atoms with Gasteiger partial charge >= 0.3 is 11.3 Å². The van der Waals surface area contributed by atoms with Crippen molar-refractivity contribution in [2.45, 2.75) is 0 Å². The minimum atomic E-state index is -0.707. The largest absolute Gasteiger partial charge is 0.439 e. The first-order chi connectivity index (χ1) is 12.1. The molecule has 3 aromatic rings. The van der Waals surface area contributed by atoms with Crippen molar-refractivity contribution < 1.29 is 14.0 Å². The zero-order valence-electron chi connectivity index (χ0n) is 14.0. The topological polar surface area (TPSA) is 70.2 Å². The molecule has 6 heteroatoms. The van der Waals surface area contributed by atoms with Crippen LogP contribution in [-0.2, 0) is 0 Å². The second-order valence-electron chi connectivity index (χ2n) is 5.68. The predicted molar refractivity (Wildman–Crippen MR) is 95.0 cm³/mol. The third kappa shape index (κ3) is 3.58. The van der Waals surface area contributed by atoms with Gasteiger partial charge in [-0.3, -0.25) is 9.32 Å². The molecule has 0 saturated carbocycles. The average Bonchev–Trinajstić information content (AvgIpc) is 3.02. The Morgan fingerprint density at radius 1 is 1.08 bits per heavy atom. The second-order valence-corrected chi connectivity index (χ2v) is 5.68. The van der Waals surface area contributed by atoms with Gasteiger partial charge in [0, 0.05) is 31.9 Å². The van der Waals surface area contributed by atoms with Gasteiger partial charge < -0.3 is 4.90 Å². The molecule has 1 aromatic heterocycles. The quantitative estimate of drug-likeness (QED) is 0.441. The van der Waals surface area contributed by atoms with Gasteiger partial charge in [0.1, 0.15) is 0 Å². The fourth-order valence-electron chi connectivity index (χ4n) is 2.38. The maximum atomic E-state index is 12.5. The molecule has 0 aliphatic heterocycles. The van der Waals surface area contributed by atoms with E-state index in [0.717, 1.165) is 11.3 Å². The van der Waals surface area contributed by atoms with Crippen molar-refractivity contribution in [2.24, 2.45) is 0 Å². The highest BCUT2D eigenvalue weighted by Gasteiger charge is 2.28. The third-order valence-corrected chi connectivity index (χ3v) is 3.73. The van der Waals surface area contributed by atoms with Crippen LogP contribution in [-0.4, -0.2) is 25.1 Å². The number of ketones is 1. The number of aromatic nitrogens is 2. The summed E-state index contributed by atoms with van der Waals surface area (Å²) in [7, 11) is 3.92. The van der Waals surface area contributed by atoms with E-state index in [9.17, 15) is 9.59 Å². The Labute approximate surface area is 144 Å². The van der Waals surface area contributed by atoms with E-state index in [1.165, 1.54) is 10.8 Å². The summed E-state index contributed by atoms with van der Waals surface area (Å²) in [6, 6.07) is 16.7. The van der Waals surface area contributed by atoms with Crippen molar-refractivity contribution in [3.8, 4) is 5.69 Å². The molecule has 25 heavy (non-hydrogen) atoms.